The summed E-state index contributed by atoms with van der Waals surface area (Å²) < 4.78 is 5.49. The first-order valence-electron chi connectivity index (χ1n) is 10.2. The van der Waals surface area contributed by atoms with Crippen LogP contribution in [0.25, 0.3) is 0 Å². The number of benzene rings is 3. The van der Waals surface area contributed by atoms with Crippen molar-refractivity contribution < 1.29 is 14.5 Å². The molecule has 0 spiro atoms. The van der Waals surface area contributed by atoms with Gasteiger partial charge in [-0.25, -0.2) is 4.79 Å². The number of nitrogens with one attached hydrogen (secondary N) is 1. The van der Waals surface area contributed by atoms with E-state index in [-0.39, 0.29) is 34.5 Å². The Labute approximate surface area is 179 Å². The molecule has 6 heteroatoms. The Morgan fingerprint density at radius 2 is 1.81 bits per heavy atom. The fraction of sp³-hybridized carbons (Fsp3) is 0.160. The minimum absolute atomic E-state index is 0.0628. The number of hydrogen-bond donors (Lipinski definition) is 1. The number of esters is 1. The highest BCUT2D eigenvalue weighted by molar-refractivity contribution is 5.90. The lowest BCUT2D eigenvalue weighted by atomic mass is 9.77. The summed E-state index contributed by atoms with van der Waals surface area (Å²) in [6, 6.07) is 21.5. The van der Waals surface area contributed by atoms with Crippen LogP contribution in [0.3, 0.4) is 0 Å². The molecular weight excluding hydrogens is 392 g/mol. The van der Waals surface area contributed by atoms with Crippen molar-refractivity contribution in [1.82, 2.24) is 0 Å². The van der Waals surface area contributed by atoms with E-state index in [1.54, 1.807) is 48.5 Å². The first kappa shape index (κ1) is 19.1. The highest BCUT2D eigenvalue weighted by atomic mass is 16.6. The monoisotopic (exact) mass is 412 g/mol. The molecule has 0 unspecified atom stereocenters. The van der Waals surface area contributed by atoms with Crippen LogP contribution >= 0.6 is 0 Å². The van der Waals surface area contributed by atoms with Crippen molar-refractivity contribution >= 4 is 17.3 Å². The number of hydrogen-bond acceptors (Lipinski definition) is 5. The van der Waals surface area contributed by atoms with Gasteiger partial charge >= 0.3 is 5.97 Å². The lowest BCUT2D eigenvalue weighted by Gasteiger charge is -2.37. The van der Waals surface area contributed by atoms with Crippen LogP contribution in [0.2, 0.25) is 0 Å². The number of nitro groups is 1. The van der Waals surface area contributed by atoms with Gasteiger partial charge in [0.25, 0.3) is 5.69 Å². The maximum Gasteiger partial charge on any atom is 0.343 e. The highest BCUT2D eigenvalue weighted by Gasteiger charge is 2.38. The average Bonchev–Trinajstić information content (AvgIpc) is 3.30. The van der Waals surface area contributed by atoms with Crippen LogP contribution in [0.15, 0.2) is 84.9 Å². The normalized spacial score (nSPS) is 21.0. The number of fused-ring (bicyclic) bond motifs is 3. The Balaban J connectivity index is 1.38. The van der Waals surface area contributed by atoms with Crippen LogP contribution in [0.5, 0.6) is 5.75 Å². The zero-order valence-corrected chi connectivity index (χ0v) is 16.6. The van der Waals surface area contributed by atoms with Crippen molar-refractivity contribution in [3.8, 4) is 5.75 Å². The van der Waals surface area contributed by atoms with Crippen LogP contribution in [0.4, 0.5) is 11.4 Å². The Morgan fingerprint density at radius 1 is 1.03 bits per heavy atom. The third-order valence-corrected chi connectivity index (χ3v) is 6.02. The summed E-state index contributed by atoms with van der Waals surface area (Å²) in [6.45, 7) is 0. The number of carbonyl (C=O) groups excluding carboxylic acids is 1. The third kappa shape index (κ3) is 3.57. The molecule has 0 saturated carbocycles. The second-order valence-corrected chi connectivity index (χ2v) is 7.83. The molecule has 0 fully saturated rings. The van der Waals surface area contributed by atoms with E-state index in [1.165, 1.54) is 6.07 Å². The summed E-state index contributed by atoms with van der Waals surface area (Å²) in [6.07, 6.45) is 5.19. The molecule has 1 heterocycles. The molecule has 154 valence electrons. The molecule has 2 aliphatic rings. The summed E-state index contributed by atoms with van der Waals surface area (Å²) in [5, 5.41) is 14.8. The van der Waals surface area contributed by atoms with Crippen molar-refractivity contribution in [3.63, 3.8) is 0 Å². The molecule has 0 amide bonds. The number of non-ortho nitro benzene ring substituents is 1. The molecule has 31 heavy (non-hydrogen) atoms. The van der Waals surface area contributed by atoms with Gasteiger partial charge in [0.1, 0.15) is 5.75 Å². The second kappa shape index (κ2) is 7.72. The van der Waals surface area contributed by atoms with Gasteiger partial charge in [-0.2, -0.15) is 0 Å². The van der Waals surface area contributed by atoms with Crippen LogP contribution in [0.1, 0.15) is 39.9 Å². The molecule has 0 radical (unpaired) electrons. The molecule has 3 atom stereocenters. The van der Waals surface area contributed by atoms with Gasteiger partial charge in [0.05, 0.1) is 16.5 Å². The van der Waals surface area contributed by atoms with Crippen molar-refractivity contribution in [1.29, 1.82) is 0 Å². The van der Waals surface area contributed by atoms with Gasteiger partial charge in [-0.15, -0.1) is 0 Å². The SMILES string of the molecule is O=C(Oc1ccc([C@@H]2Nc3ccc([N+](=O)[O-])cc3[C@@H]3C=CC[C@@H]32)cc1)c1ccccc1. The number of nitro benzene ring substituents is 1. The Hall–Kier alpha value is -3.93. The van der Waals surface area contributed by atoms with Gasteiger partial charge in [0, 0.05) is 23.7 Å². The Bertz CT molecular complexity index is 1170. The van der Waals surface area contributed by atoms with Gasteiger partial charge < -0.3 is 10.1 Å². The zero-order chi connectivity index (χ0) is 21.4. The van der Waals surface area contributed by atoms with Crippen molar-refractivity contribution in [2.45, 2.75) is 18.4 Å². The zero-order valence-electron chi connectivity index (χ0n) is 16.6. The number of ether oxygens (including phenoxy) is 1. The molecule has 5 rings (SSSR count). The van der Waals surface area contributed by atoms with Crippen LogP contribution in [-0.4, -0.2) is 10.9 Å². The molecule has 3 aromatic carbocycles. The van der Waals surface area contributed by atoms with Gasteiger partial charge in [-0.3, -0.25) is 10.1 Å². The van der Waals surface area contributed by atoms with E-state index in [2.05, 4.69) is 17.5 Å². The van der Waals surface area contributed by atoms with Crippen molar-refractivity contribution in [3.05, 3.63) is 112 Å². The van der Waals surface area contributed by atoms with Gasteiger partial charge in [0.15, 0.2) is 0 Å². The maximum atomic E-state index is 12.3. The number of rotatable bonds is 4. The molecule has 0 bridgehead atoms. The summed E-state index contributed by atoms with van der Waals surface area (Å²) in [5.41, 5.74) is 3.59. The fourth-order valence-electron chi connectivity index (χ4n) is 4.51. The maximum absolute atomic E-state index is 12.3. The van der Waals surface area contributed by atoms with E-state index in [9.17, 15) is 14.9 Å². The van der Waals surface area contributed by atoms with Gasteiger partial charge in [-0.1, -0.05) is 42.5 Å². The van der Waals surface area contributed by atoms with Gasteiger partial charge in [-0.05, 0) is 53.8 Å². The van der Waals surface area contributed by atoms with Crippen LogP contribution in [-0.2, 0) is 0 Å². The molecular formula is C25H20N2O4. The standard InChI is InChI=1S/C25H20N2O4/c28-25(17-5-2-1-3-6-17)31-19-12-9-16(10-13-19)24-21-8-4-7-20(21)22-15-18(27(29)30)11-14-23(22)26-24/h1-7,9-15,20-21,24,26H,8H2/t20-,21+,24+/m1/s1. The predicted octanol–water partition coefficient (Wildman–Crippen LogP) is 5.64. The molecule has 1 aliphatic heterocycles. The molecule has 1 N–H and O–H groups in total. The fourth-order valence-corrected chi connectivity index (χ4v) is 4.51. The van der Waals surface area contributed by atoms with Crippen molar-refractivity contribution in [2.75, 3.05) is 5.32 Å². The molecule has 1 aliphatic carbocycles. The predicted molar refractivity (Wildman–Crippen MR) is 117 cm³/mol. The highest BCUT2D eigenvalue weighted by Crippen LogP contribution is 2.50. The van der Waals surface area contributed by atoms with E-state index >= 15 is 0 Å². The average molecular weight is 412 g/mol. The summed E-state index contributed by atoms with van der Waals surface area (Å²) in [4.78, 5) is 23.1. The van der Waals surface area contributed by atoms with Crippen LogP contribution in [0, 0.1) is 16.0 Å². The molecule has 0 aromatic heterocycles. The van der Waals surface area contributed by atoms with E-state index in [0.29, 0.717) is 11.3 Å². The lowest BCUT2D eigenvalue weighted by molar-refractivity contribution is -0.384. The largest absolute Gasteiger partial charge is 0.423 e. The van der Waals surface area contributed by atoms with E-state index < -0.39 is 0 Å². The van der Waals surface area contributed by atoms with E-state index in [1.807, 2.05) is 18.2 Å². The first-order valence-corrected chi connectivity index (χ1v) is 10.2. The minimum atomic E-state index is -0.389. The van der Waals surface area contributed by atoms with Crippen LogP contribution < -0.4 is 10.1 Å². The Kier molecular flexibility index (Phi) is 4.75. The molecule has 0 saturated heterocycles. The first-order chi connectivity index (χ1) is 15.1. The summed E-state index contributed by atoms with van der Waals surface area (Å²) in [7, 11) is 0. The molecule has 3 aromatic rings. The van der Waals surface area contributed by atoms with E-state index in [0.717, 1.165) is 23.2 Å². The second-order valence-electron chi connectivity index (χ2n) is 7.83. The minimum Gasteiger partial charge on any atom is -0.423 e. The van der Waals surface area contributed by atoms with E-state index in [4.69, 9.17) is 4.74 Å². The quantitative estimate of drug-likeness (QED) is 0.197. The van der Waals surface area contributed by atoms with Gasteiger partial charge in [0.2, 0.25) is 0 Å². The van der Waals surface area contributed by atoms with Crippen molar-refractivity contribution in [2.24, 2.45) is 5.92 Å². The number of nitrogens with zero attached hydrogens (tertiary/aromatic N) is 1. The summed E-state index contributed by atoms with van der Waals surface area (Å²) in [5.74, 6) is 0.509. The number of allylic oxidation sites excluding steroid dienone is 2. The smallest absolute Gasteiger partial charge is 0.343 e. The number of anilines is 1. The third-order valence-electron chi connectivity index (χ3n) is 6.02. The topological polar surface area (TPSA) is 81.5 Å². The molecule has 6 nitrogen and oxygen atoms in total. The number of carbonyl (C=O) groups is 1. The lowest BCUT2D eigenvalue weighted by Crippen LogP contribution is -2.29. The Morgan fingerprint density at radius 3 is 2.55 bits per heavy atom. The summed E-state index contributed by atoms with van der Waals surface area (Å²) >= 11 is 0.